The zero-order valence-electron chi connectivity index (χ0n) is 15.3. The maximum Gasteiger partial charge on any atom is 0.151 e. The van der Waals surface area contributed by atoms with E-state index in [1.807, 2.05) is 5.51 Å². The molecule has 24 heavy (non-hydrogen) atoms. The molecule has 2 aromatic rings. The molecule has 0 atom stereocenters. The van der Waals surface area contributed by atoms with Crippen molar-refractivity contribution in [2.75, 3.05) is 20.1 Å². The van der Waals surface area contributed by atoms with Crippen LogP contribution in [0.5, 0.6) is 0 Å². The molecule has 3 heterocycles. The fourth-order valence-electron chi connectivity index (χ4n) is 3.39. The van der Waals surface area contributed by atoms with Crippen molar-refractivity contribution in [2.24, 2.45) is 5.92 Å². The van der Waals surface area contributed by atoms with E-state index in [-0.39, 0.29) is 0 Å². The molecule has 132 valence electrons. The Labute approximate surface area is 149 Å². The molecule has 6 heteroatoms. The molecule has 0 amide bonds. The number of likely N-dealkylation sites (tertiary alicyclic amines) is 1. The van der Waals surface area contributed by atoms with Gasteiger partial charge < -0.3 is 4.90 Å². The molecular weight excluding hydrogens is 318 g/mol. The Hall–Kier alpha value is -1.27. The summed E-state index contributed by atoms with van der Waals surface area (Å²) in [7, 11) is 2.21. The molecule has 5 nitrogen and oxygen atoms in total. The fraction of sp³-hybridized carbons (Fsp3) is 0.722. The van der Waals surface area contributed by atoms with Gasteiger partial charge in [0.25, 0.3) is 0 Å². The normalized spacial score (nSPS) is 17.0. The first kappa shape index (κ1) is 17.5. The lowest BCUT2D eigenvalue weighted by Gasteiger charge is -2.28. The monoisotopic (exact) mass is 347 g/mol. The summed E-state index contributed by atoms with van der Waals surface area (Å²) in [6.07, 6.45) is 5.52. The number of thiazole rings is 1. The molecule has 3 rings (SSSR count). The van der Waals surface area contributed by atoms with Crippen molar-refractivity contribution in [3.05, 3.63) is 27.7 Å². The van der Waals surface area contributed by atoms with Gasteiger partial charge >= 0.3 is 0 Å². The summed E-state index contributed by atoms with van der Waals surface area (Å²) in [5.74, 6) is 2.90. The van der Waals surface area contributed by atoms with E-state index >= 15 is 0 Å². The molecule has 2 aromatic heterocycles. The van der Waals surface area contributed by atoms with Crippen molar-refractivity contribution < 1.29 is 0 Å². The van der Waals surface area contributed by atoms with Gasteiger partial charge in [0.15, 0.2) is 5.82 Å². The van der Waals surface area contributed by atoms with Gasteiger partial charge in [-0.1, -0.05) is 0 Å². The molecule has 0 spiro atoms. The Morgan fingerprint density at radius 1 is 1.25 bits per heavy atom. The van der Waals surface area contributed by atoms with Crippen LogP contribution in [-0.4, -0.2) is 44.8 Å². The number of hydrogen-bond acceptors (Lipinski definition) is 5. The van der Waals surface area contributed by atoms with E-state index in [1.165, 1.54) is 30.8 Å². The van der Waals surface area contributed by atoms with Crippen LogP contribution in [0.3, 0.4) is 0 Å². The average molecular weight is 348 g/mol. The Balaban J connectivity index is 1.67. The summed E-state index contributed by atoms with van der Waals surface area (Å²) in [5.41, 5.74) is 3.09. The first-order valence-corrected chi connectivity index (χ1v) is 9.92. The molecule has 0 aliphatic carbocycles. The van der Waals surface area contributed by atoms with Crippen LogP contribution in [0.25, 0.3) is 0 Å². The van der Waals surface area contributed by atoms with E-state index in [9.17, 15) is 0 Å². The lowest BCUT2D eigenvalue weighted by molar-refractivity contribution is 0.217. The van der Waals surface area contributed by atoms with Crippen LogP contribution >= 0.6 is 11.3 Å². The topological polar surface area (TPSA) is 46.8 Å². The van der Waals surface area contributed by atoms with E-state index < -0.39 is 0 Å². The van der Waals surface area contributed by atoms with E-state index in [0.29, 0.717) is 6.04 Å². The van der Waals surface area contributed by atoms with Crippen LogP contribution in [0.4, 0.5) is 0 Å². The minimum atomic E-state index is 0.362. The molecule has 0 aromatic carbocycles. The SMILES string of the molecule is Cc1ncsc1CCc1nc(CC2CCN(C)CC2)nn1C(C)C. The van der Waals surface area contributed by atoms with Gasteiger partial charge in [-0.05, 0) is 66.1 Å². The largest absolute Gasteiger partial charge is 0.306 e. The summed E-state index contributed by atoms with van der Waals surface area (Å²) >= 11 is 1.75. The van der Waals surface area contributed by atoms with Gasteiger partial charge in [-0.3, -0.25) is 0 Å². The van der Waals surface area contributed by atoms with E-state index in [0.717, 1.165) is 42.5 Å². The molecule has 0 N–H and O–H groups in total. The van der Waals surface area contributed by atoms with Gasteiger partial charge in [-0.2, -0.15) is 5.10 Å². The van der Waals surface area contributed by atoms with E-state index in [2.05, 4.69) is 42.4 Å². The third kappa shape index (κ3) is 4.22. The van der Waals surface area contributed by atoms with E-state index in [1.54, 1.807) is 11.3 Å². The first-order chi connectivity index (χ1) is 11.5. The van der Waals surface area contributed by atoms with Gasteiger partial charge in [0.2, 0.25) is 0 Å². The fourth-order valence-corrected chi connectivity index (χ4v) is 4.17. The van der Waals surface area contributed by atoms with Crippen LogP contribution in [0, 0.1) is 12.8 Å². The summed E-state index contributed by atoms with van der Waals surface area (Å²) in [5, 5.41) is 4.82. The van der Waals surface area contributed by atoms with Crippen molar-refractivity contribution in [1.82, 2.24) is 24.6 Å². The van der Waals surface area contributed by atoms with Crippen molar-refractivity contribution in [2.45, 2.75) is 58.9 Å². The zero-order chi connectivity index (χ0) is 17.1. The first-order valence-electron chi connectivity index (χ1n) is 9.04. The molecule has 1 fully saturated rings. The number of aryl methyl sites for hydroxylation is 3. The van der Waals surface area contributed by atoms with Gasteiger partial charge in [0, 0.05) is 23.8 Å². The predicted octanol–water partition coefficient (Wildman–Crippen LogP) is 3.29. The molecule has 0 radical (unpaired) electrons. The number of piperidine rings is 1. The maximum absolute atomic E-state index is 4.90. The van der Waals surface area contributed by atoms with Crippen molar-refractivity contribution >= 4 is 11.3 Å². The smallest absolute Gasteiger partial charge is 0.151 e. The van der Waals surface area contributed by atoms with Crippen LogP contribution in [0.15, 0.2) is 5.51 Å². The number of hydrogen-bond donors (Lipinski definition) is 0. The summed E-state index contributed by atoms with van der Waals surface area (Å²) < 4.78 is 2.13. The zero-order valence-corrected chi connectivity index (χ0v) is 16.1. The molecule has 0 unspecified atom stereocenters. The standard InChI is InChI=1S/C18H29N5S/c1-13(2)23-18(6-5-16-14(3)19-12-24-16)20-17(21-23)11-15-7-9-22(4)10-8-15/h12-13,15H,5-11H2,1-4H3. The van der Waals surface area contributed by atoms with Crippen LogP contribution < -0.4 is 0 Å². The second kappa shape index (κ2) is 7.74. The molecular formula is C18H29N5S. The Morgan fingerprint density at radius 2 is 2.00 bits per heavy atom. The second-order valence-electron chi connectivity index (χ2n) is 7.29. The average Bonchev–Trinajstić information content (AvgIpc) is 3.14. The Bertz CT molecular complexity index is 652. The minimum absolute atomic E-state index is 0.362. The number of nitrogens with zero attached hydrogens (tertiary/aromatic N) is 5. The van der Waals surface area contributed by atoms with Crippen molar-refractivity contribution in [3.8, 4) is 0 Å². The minimum Gasteiger partial charge on any atom is -0.306 e. The summed E-state index contributed by atoms with van der Waals surface area (Å²) in [6, 6.07) is 0.362. The highest BCUT2D eigenvalue weighted by Gasteiger charge is 2.20. The molecule has 1 saturated heterocycles. The molecule has 1 aliphatic heterocycles. The molecule has 0 bridgehead atoms. The van der Waals surface area contributed by atoms with Crippen molar-refractivity contribution in [3.63, 3.8) is 0 Å². The third-order valence-corrected chi connectivity index (χ3v) is 5.96. The molecule has 0 saturated carbocycles. The quantitative estimate of drug-likeness (QED) is 0.804. The van der Waals surface area contributed by atoms with Gasteiger partial charge in [-0.15, -0.1) is 11.3 Å². The highest BCUT2D eigenvalue weighted by atomic mass is 32.1. The van der Waals surface area contributed by atoms with Gasteiger partial charge in [-0.25, -0.2) is 14.6 Å². The summed E-state index contributed by atoms with van der Waals surface area (Å²) in [4.78, 5) is 13.0. The van der Waals surface area contributed by atoms with Crippen LogP contribution in [0.1, 0.15) is 55.0 Å². The maximum atomic E-state index is 4.90. The second-order valence-corrected chi connectivity index (χ2v) is 8.23. The predicted molar refractivity (Wildman–Crippen MR) is 98.6 cm³/mol. The van der Waals surface area contributed by atoms with Crippen molar-refractivity contribution in [1.29, 1.82) is 0 Å². The van der Waals surface area contributed by atoms with E-state index in [4.69, 9.17) is 10.1 Å². The lowest BCUT2D eigenvalue weighted by atomic mass is 9.94. The molecule has 1 aliphatic rings. The van der Waals surface area contributed by atoms with Crippen LogP contribution in [-0.2, 0) is 19.3 Å². The van der Waals surface area contributed by atoms with Gasteiger partial charge in [0.05, 0.1) is 11.2 Å². The summed E-state index contributed by atoms with van der Waals surface area (Å²) in [6.45, 7) is 8.87. The number of aromatic nitrogens is 4. The Morgan fingerprint density at radius 3 is 2.62 bits per heavy atom. The number of rotatable bonds is 6. The lowest BCUT2D eigenvalue weighted by Crippen LogP contribution is -2.31. The van der Waals surface area contributed by atoms with Gasteiger partial charge in [0.1, 0.15) is 5.82 Å². The highest BCUT2D eigenvalue weighted by molar-refractivity contribution is 7.09. The van der Waals surface area contributed by atoms with Crippen LogP contribution in [0.2, 0.25) is 0 Å². The third-order valence-electron chi connectivity index (χ3n) is 4.96. The Kier molecular flexibility index (Phi) is 5.66. The highest BCUT2D eigenvalue weighted by Crippen LogP contribution is 2.21.